The first-order valence-corrected chi connectivity index (χ1v) is 5.98. The lowest BCUT2D eigenvalue weighted by Gasteiger charge is -2.11. The number of hydrogen-bond donors (Lipinski definition) is 1. The molecule has 2 rings (SSSR count). The van der Waals surface area contributed by atoms with Crippen molar-refractivity contribution < 1.29 is 9.90 Å². The van der Waals surface area contributed by atoms with Crippen LogP contribution in [0, 0.1) is 13.8 Å². The molecule has 0 unspecified atom stereocenters. The Morgan fingerprint density at radius 2 is 1.79 bits per heavy atom. The molecule has 0 spiro atoms. The third kappa shape index (κ3) is 2.73. The predicted octanol–water partition coefficient (Wildman–Crippen LogP) is 2.22. The van der Waals surface area contributed by atoms with E-state index in [4.69, 9.17) is 5.11 Å². The number of nitrogens with zero attached hydrogens (tertiary/aromatic N) is 1. The van der Waals surface area contributed by atoms with Gasteiger partial charge in [0.05, 0.1) is 0 Å². The molecule has 0 aliphatic rings. The van der Waals surface area contributed by atoms with Crippen LogP contribution in [0.1, 0.15) is 11.1 Å². The third-order valence-corrected chi connectivity index (χ3v) is 3.06. The highest BCUT2D eigenvalue weighted by molar-refractivity contribution is 5.71. The number of hydrogen-bond acceptors (Lipinski definition) is 2. The maximum atomic E-state index is 11.6. The van der Waals surface area contributed by atoms with Gasteiger partial charge in [-0.3, -0.25) is 9.59 Å². The molecular formula is C15H15NO3. The summed E-state index contributed by atoms with van der Waals surface area (Å²) >= 11 is 0. The second-order valence-electron chi connectivity index (χ2n) is 4.54. The van der Waals surface area contributed by atoms with E-state index in [1.165, 1.54) is 10.6 Å². The summed E-state index contributed by atoms with van der Waals surface area (Å²) in [5.74, 6) is -1.03. The molecule has 0 atom stereocenters. The van der Waals surface area contributed by atoms with Gasteiger partial charge in [0.2, 0.25) is 0 Å². The Balaban J connectivity index is 2.58. The number of pyridine rings is 1. The monoisotopic (exact) mass is 257 g/mol. The molecule has 0 aliphatic carbocycles. The van der Waals surface area contributed by atoms with Crippen LogP contribution >= 0.6 is 0 Å². The minimum Gasteiger partial charge on any atom is -0.480 e. The van der Waals surface area contributed by atoms with Gasteiger partial charge in [0.1, 0.15) is 6.54 Å². The van der Waals surface area contributed by atoms with Gasteiger partial charge < -0.3 is 9.67 Å². The molecule has 0 amide bonds. The Hall–Kier alpha value is -2.36. The van der Waals surface area contributed by atoms with Crippen molar-refractivity contribution in [3.8, 4) is 11.1 Å². The topological polar surface area (TPSA) is 59.3 Å². The molecule has 1 aromatic carbocycles. The van der Waals surface area contributed by atoms with Crippen molar-refractivity contribution in [2.75, 3.05) is 0 Å². The lowest BCUT2D eigenvalue weighted by Crippen LogP contribution is -2.22. The van der Waals surface area contributed by atoms with Gasteiger partial charge in [0, 0.05) is 12.3 Å². The van der Waals surface area contributed by atoms with Gasteiger partial charge in [-0.15, -0.1) is 0 Å². The first-order valence-electron chi connectivity index (χ1n) is 5.98. The molecular weight excluding hydrogens is 242 g/mol. The summed E-state index contributed by atoms with van der Waals surface area (Å²) in [6, 6.07) is 9.10. The number of aromatic nitrogens is 1. The van der Waals surface area contributed by atoms with Crippen molar-refractivity contribution in [3.63, 3.8) is 0 Å². The smallest absolute Gasteiger partial charge is 0.323 e. The van der Waals surface area contributed by atoms with Crippen LogP contribution in [0.15, 0.2) is 41.3 Å². The van der Waals surface area contributed by atoms with Gasteiger partial charge in [-0.05, 0) is 42.2 Å². The fourth-order valence-corrected chi connectivity index (χ4v) is 2.22. The average Bonchev–Trinajstić information content (AvgIpc) is 2.32. The van der Waals surface area contributed by atoms with Crippen LogP contribution in [0.3, 0.4) is 0 Å². The van der Waals surface area contributed by atoms with Gasteiger partial charge in [0.15, 0.2) is 0 Å². The maximum absolute atomic E-state index is 11.6. The average molecular weight is 257 g/mol. The van der Waals surface area contributed by atoms with Gasteiger partial charge in [-0.25, -0.2) is 0 Å². The van der Waals surface area contributed by atoms with Crippen LogP contribution in [0.2, 0.25) is 0 Å². The molecule has 19 heavy (non-hydrogen) atoms. The standard InChI is InChI=1S/C15H15NO3/c1-10-4-3-5-11(2)15(10)12-6-7-13(17)16(8-12)9-14(18)19/h3-8H,9H2,1-2H3,(H,18,19). The number of rotatable bonds is 3. The Morgan fingerprint density at radius 3 is 2.37 bits per heavy atom. The van der Waals surface area contributed by atoms with E-state index in [0.717, 1.165) is 22.3 Å². The minimum atomic E-state index is -1.03. The Morgan fingerprint density at radius 1 is 1.16 bits per heavy atom. The SMILES string of the molecule is Cc1cccc(C)c1-c1ccc(=O)n(CC(=O)O)c1. The third-order valence-electron chi connectivity index (χ3n) is 3.06. The van der Waals surface area contributed by atoms with Gasteiger partial charge >= 0.3 is 5.97 Å². The summed E-state index contributed by atoms with van der Waals surface area (Å²) in [5.41, 5.74) is 3.79. The molecule has 0 saturated carbocycles. The van der Waals surface area contributed by atoms with Crippen molar-refractivity contribution in [1.82, 2.24) is 4.57 Å². The molecule has 2 aromatic rings. The molecule has 1 N–H and O–H groups in total. The zero-order valence-corrected chi connectivity index (χ0v) is 10.9. The summed E-state index contributed by atoms with van der Waals surface area (Å²) < 4.78 is 1.21. The van der Waals surface area contributed by atoms with Crippen LogP contribution in [0.5, 0.6) is 0 Å². The molecule has 98 valence electrons. The molecule has 0 fully saturated rings. The van der Waals surface area contributed by atoms with Crippen molar-refractivity contribution in [2.45, 2.75) is 20.4 Å². The Bertz CT molecular complexity index is 666. The fourth-order valence-electron chi connectivity index (χ4n) is 2.22. The van der Waals surface area contributed by atoms with Gasteiger partial charge in [0.25, 0.3) is 5.56 Å². The quantitative estimate of drug-likeness (QED) is 0.917. The number of carbonyl (C=O) groups is 1. The highest BCUT2D eigenvalue weighted by atomic mass is 16.4. The Labute approximate surface area is 110 Å². The number of aryl methyl sites for hydroxylation is 2. The first-order chi connectivity index (χ1) is 8.99. The first kappa shape index (κ1) is 13.1. The molecule has 4 heteroatoms. The normalized spacial score (nSPS) is 10.4. The van der Waals surface area contributed by atoms with Crippen molar-refractivity contribution in [3.05, 3.63) is 58.0 Å². The van der Waals surface area contributed by atoms with Crippen LogP contribution in [0.4, 0.5) is 0 Å². The summed E-state index contributed by atoms with van der Waals surface area (Å²) in [4.78, 5) is 22.4. The second kappa shape index (κ2) is 5.10. The largest absolute Gasteiger partial charge is 0.480 e. The molecule has 0 aliphatic heterocycles. The molecule has 0 radical (unpaired) electrons. The van der Waals surface area contributed by atoms with Crippen LogP contribution in [-0.4, -0.2) is 15.6 Å². The van der Waals surface area contributed by atoms with E-state index in [2.05, 4.69) is 0 Å². The number of aliphatic carboxylic acids is 1. The lowest BCUT2D eigenvalue weighted by molar-refractivity contribution is -0.137. The zero-order chi connectivity index (χ0) is 14.0. The number of carboxylic acids is 1. The molecule has 0 saturated heterocycles. The van der Waals surface area contributed by atoms with Crippen molar-refractivity contribution in [1.29, 1.82) is 0 Å². The number of carboxylic acid groups (broad SMARTS) is 1. The van der Waals surface area contributed by atoms with E-state index >= 15 is 0 Å². The molecule has 4 nitrogen and oxygen atoms in total. The van der Waals surface area contributed by atoms with Crippen LogP contribution in [0.25, 0.3) is 11.1 Å². The fraction of sp³-hybridized carbons (Fsp3) is 0.200. The molecule has 1 heterocycles. The van der Waals surface area contributed by atoms with E-state index in [1.807, 2.05) is 32.0 Å². The van der Waals surface area contributed by atoms with Crippen LogP contribution in [-0.2, 0) is 11.3 Å². The van der Waals surface area contributed by atoms with E-state index in [1.54, 1.807) is 12.3 Å². The summed E-state index contributed by atoms with van der Waals surface area (Å²) in [6.07, 6.45) is 1.60. The van der Waals surface area contributed by atoms with E-state index in [0.29, 0.717) is 0 Å². The van der Waals surface area contributed by atoms with E-state index in [-0.39, 0.29) is 12.1 Å². The van der Waals surface area contributed by atoms with Gasteiger partial charge in [-0.1, -0.05) is 18.2 Å². The number of benzene rings is 1. The second-order valence-corrected chi connectivity index (χ2v) is 4.54. The summed E-state index contributed by atoms with van der Waals surface area (Å²) in [5, 5.41) is 8.80. The molecule has 0 bridgehead atoms. The van der Waals surface area contributed by atoms with E-state index < -0.39 is 5.97 Å². The highest BCUT2D eigenvalue weighted by Crippen LogP contribution is 2.25. The summed E-state index contributed by atoms with van der Waals surface area (Å²) in [6.45, 7) is 3.67. The Kier molecular flexibility index (Phi) is 3.51. The highest BCUT2D eigenvalue weighted by Gasteiger charge is 2.08. The summed E-state index contributed by atoms with van der Waals surface area (Å²) in [7, 11) is 0. The predicted molar refractivity (Wildman–Crippen MR) is 73.2 cm³/mol. The minimum absolute atomic E-state index is 0.308. The van der Waals surface area contributed by atoms with Gasteiger partial charge in [-0.2, -0.15) is 0 Å². The van der Waals surface area contributed by atoms with Crippen molar-refractivity contribution in [2.24, 2.45) is 0 Å². The maximum Gasteiger partial charge on any atom is 0.323 e. The van der Waals surface area contributed by atoms with Crippen LogP contribution < -0.4 is 5.56 Å². The van der Waals surface area contributed by atoms with Crippen molar-refractivity contribution >= 4 is 5.97 Å². The van der Waals surface area contributed by atoms with E-state index in [9.17, 15) is 9.59 Å². The zero-order valence-electron chi connectivity index (χ0n) is 10.9. The lowest BCUT2D eigenvalue weighted by atomic mass is 9.97. The molecule has 1 aromatic heterocycles.